The fourth-order valence-corrected chi connectivity index (χ4v) is 0.825. The molecule has 0 aromatic rings. The first-order valence-electron chi connectivity index (χ1n) is 2.56. The Morgan fingerprint density at radius 2 is 2.38 bits per heavy atom. The SMILES string of the molecule is CCCN(C)S[C]=O. The topological polar surface area (TPSA) is 20.3 Å². The lowest BCUT2D eigenvalue weighted by Gasteiger charge is -2.06. The lowest BCUT2D eigenvalue weighted by atomic mass is 10.5. The predicted molar refractivity (Wildman–Crippen MR) is 36.2 cm³/mol. The molecule has 0 N–H and O–H groups in total. The molecule has 0 unspecified atom stereocenters. The van der Waals surface area contributed by atoms with Gasteiger partial charge in [-0.3, -0.25) is 4.79 Å². The summed E-state index contributed by atoms with van der Waals surface area (Å²) >= 11 is 1.08. The molecule has 0 saturated carbocycles. The molecular formula is C5H10NOS. The van der Waals surface area contributed by atoms with Crippen molar-refractivity contribution >= 4 is 17.6 Å². The molecular weight excluding hydrogens is 122 g/mol. The molecule has 0 aliphatic rings. The van der Waals surface area contributed by atoms with Crippen LogP contribution in [0.2, 0.25) is 0 Å². The molecule has 8 heavy (non-hydrogen) atoms. The molecule has 47 valence electrons. The highest BCUT2D eigenvalue weighted by atomic mass is 32.2. The van der Waals surface area contributed by atoms with Crippen molar-refractivity contribution in [3.8, 4) is 0 Å². The van der Waals surface area contributed by atoms with Gasteiger partial charge in [0.15, 0.2) is 0 Å². The second kappa shape index (κ2) is 5.12. The lowest BCUT2D eigenvalue weighted by Crippen LogP contribution is -2.08. The van der Waals surface area contributed by atoms with Crippen LogP contribution in [0, 0.1) is 0 Å². The van der Waals surface area contributed by atoms with Crippen LogP contribution in [0.15, 0.2) is 0 Å². The van der Waals surface area contributed by atoms with Crippen LogP contribution < -0.4 is 0 Å². The van der Waals surface area contributed by atoms with E-state index in [2.05, 4.69) is 6.92 Å². The van der Waals surface area contributed by atoms with Crippen molar-refractivity contribution in [3.63, 3.8) is 0 Å². The van der Waals surface area contributed by atoms with Gasteiger partial charge in [0.1, 0.15) is 0 Å². The Labute approximate surface area is 54.4 Å². The molecule has 0 amide bonds. The molecule has 1 radical (unpaired) electrons. The fraction of sp³-hybridized carbons (Fsp3) is 0.800. The molecule has 0 fully saturated rings. The van der Waals surface area contributed by atoms with Gasteiger partial charge in [0, 0.05) is 18.5 Å². The van der Waals surface area contributed by atoms with Gasteiger partial charge in [0.2, 0.25) is 0 Å². The molecule has 0 aliphatic heterocycles. The zero-order valence-corrected chi connectivity index (χ0v) is 5.99. The van der Waals surface area contributed by atoms with Gasteiger partial charge in [-0.2, -0.15) is 0 Å². The summed E-state index contributed by atoms with van der Waals surface area (Å²) in [6.07, 6.45) is 1.07. The molecule has 0 atom stereocenters. The first kappa shape index (κ1) is 7.98. The predicted octanol–water partition coefficient (Wildman–Crippen LogP) is 1.04. The van der Waals surface area contributed by atoms with Gasteiger partial charge in [-0.15, -0.1) is 0 Å². The van der Waals surface area contributed by atoms with Crippen LogP contribution in [0.4, 0.5) is 0 Å². The van der Waals surface area contributed by atoms with E-state index in [1.165, 1.54) is 0 Å². The molecule has 0 aliphatic carbocycles. The Hall–Kier alpha value is -0.0200. The van der Waals surface area contributed by atoms with Crippen molar-refractivity contribution in [1.82, 2.24) is 4.31 Å². The summed E-state index contributed by atoms with van der Waals surface area (Å²) in [6.45, 7) is 3.02. The van der Waals surface area contributed by atoms with Crippen LogP contribution in [0.1, 0.15) is 13.3 Å². The summed E-state index contributed by atoms with van der Waals surface area (Å²) in [4.78, 5) is 9.69. The monoisotopic (exact) mass is 132 g/mol. The first-order chi connectivity index (χ1) is 3.81. The van der Waals surface area contributed by atoms with Gasteiger partial charge in [0.05, 0.1) is 0 Å². The summed E-state index contributed by atoms with van der Waals surface area (Å²) in [6, 6.07) is 0. The third-order valence-corrected chi connectivity index (χ3v) is 1.30. The zero-order valence-electron chi connectivity index (χ0n) is 5.18. The van der Waals surface area contributed by atoms with E-state index in [4.69, 9.17) is 0 Å². The van der Waals surface area contributed by atoms with Gasteiger partial charge in [-0.1, -0.05) is 6.92 Å². The minimum atomic E-state index is 0.944. The fourth-order valence-electron chi connectivity index (χ4n) is 0.424. The maximum Gasteiger partial charge on any atom is 0.282 e. The third-order valence-electron chi connectivity index (χ3n) is 0.732. The van der Waals surface area contributed by atoms with E-state index in [1.54, 1.807) is 5.62 Å². The lowest BCUT2D eigenvalue weighted by molar-refractivity contribution is 0.550. The number of carbonyl (C=O) groups excluding carboxylic acids is 1. The Morgan fingerprint density at radius 1 is 1.75 bits per heavy atom. The third kappa shape index (κ3) is 4.15. The molecule has 0 heterocycles. The Bertz CT molecular complexity index is 67.4. The molecule has 2 nitrogen and oxygen atoms in total. The van der Waals surface area contributed by atoms with Crippen LogP contribution in [0.5, 0.6) is 0 Å². The van der Waals surface area contributed by atoms with E-state index in [9.17, 15) is 4.79 Å². The summed E-state index contributed by atoms with van der Waals surface area (Å²) in [5, 5.41) is 0. The molecule has 0 aromatic carbocycles. The van der Waals surface area contributed by atoms with E-state index < -0.39 is 0 Å². The van der Waals surface area contributed by atoms with E-state index in [0.29, 0.717) is 0 Å². The molecule has 0 saturated heterocycles. The van der Waals surface area contributed by atoms with Crippen molar-refractivity contribution in [1.29, 1.82) is 0 Å². The van der Waals surface area contributed by atoms with E-state index in [0.717, 1.165) is 24.9 Å². The van der Waals surface area contributed by atoms with Gasteiger partial charge in [-0.25, -0.2) is 4.31 Å². The Balaban J connectivity index is 3.03. The average Bonchev–Trinajstić information content (AvgIpc) is 1.68. The number of nitrogens with zero attached hydrogens (tertiary/aromatic N) is 1. The number of hydrogen-bond donors (Lipinski definition) is 0. The van der Waals surface area contributed by atoms with Crippen LogP contribution in [-0.2, 0) is 4.79 Å². The second-order valence-corrected chi connectivity index (χ2v) is 2.50. The van der Waals surface area contributed by atoms with Crippen molar-refractivity contribution in [2.75, 3.05) is 13.6 Å². The highest BCUT2D eigenvalue weighted by molar-refractivity contribution is 8.09. The maximum absolute atomic E-state index is 9.69. The average molecular weight is 132 g/mol. The van der Waals surface area contributed by atoms with E-state index in [1.807, 2.05) is 11.4 Å². The number of hydrogen-bond acceptors (Lipinski definition) is 3. The highest BCUT2D eigenvalue weighted by Crippen LogP contribution is 2.00. The van der Waals surface area contributed by atoms with Gasteiger partial charge < -0.3 is 0 Å². The molecule has 0 bridgehead atoms. The van der Waals surface area contributed by atoms with Crippen molar-refractivity contribution in [3.05, 3.63) is 0 Å². The van der Waals surface area contributed by atoms with Crippen molar-refractivity contribution in [2.24, 2.45) is 0 Å². The van der Waals surface area contributed by atoms with Crippen LogP contribution in [0.3, 0.4) is 0 Å². The molecule has 0 rings (SSSR count). The standard InChI is InChI=1S/C5H10NOS/c1-3-4-6(2)8-5-7/h3-4H2,1-2H3. The smallest absolute Gasteiger partial charge is 0.276 e. The van der Waals surface area contributed by atoms with E-state index in [-0.39, 0.29) is 0 Å². The zero-order chi connectivity index (χ0) is 6.41. The minimum Gasteiger partial charge on any atom is -0.276 e. The molecule has 0 spiro atoms. The Kier molecular flexibility index (Phi) is 5.11. The summed E-state index contributed by atoms with van der Waals surface area (Å²) < 4.78 is 1.85. The highest BCUT2D eigenvalue weighted by Gasteiger charge is 1.92. The van der Waals surface area contributed by atoms with Crippen LogP contribution in [-0.4, -0.2) is 23.5 Å². The Morgan fingerprint density at radius 3 is 2.75 bits per heavy atom. The second-order valence-electron chi connectivity index (χ2n) is 1.53. The largest absolute Gasteiger partial charge is 0.282 e. The molecule has 0 aromatic heterocycles. The van der Waals surface area contributed by atoms with Gasteiger partial charge >= 0.3 is 0 Å². The quantitative estimate of drug-likeness (QED) is 0.533. The van der Waals surface area contributed by atoms with Crippen LogP contribution >= 0.6 is 11.9 Å². The first-order valence-corrected chi connectivity index (χ1v) is 3.33. The minimum absolute atomic E-state index is 0.944. The van der Waals surface area contributed by atoms with Gasteiger partial charge in [0.25, 0.3) is 5.62 Å². The van der Waals surface area contributed by atoms with Crippen LogP contribution in [0.25, 0.3) is 0 Å². The summed E-state index contributed by atoms with van der Waals surface area (Å²) in [7, 11) is 1.87. The van der Waals surface area contributed by atoms with Crippen molar-refractivity contribution < 1.29 is 4.79 Å². The van der Waals surface area contributed by atoms with Crippen molar-refractivity contribution in [2.45, 2.75) is 13.3 Å². The maximum atomic E-state index is 9.69. The summed E-state index contributed by atoms with van der Waals surface area (Å²) in [5.41, 5.74) is 1.74. The summed E-state index contributed by atoms with van der Waals surface area (Å²) in [5.74, 6) is 0. The number of rotatable bonds is 4. The molecule has 3 heteroatoms. The van der Waals surface area contributed by atoms with E-state index >= 15 is 0 Å². The normalized spacial score (nSPS) is 9.88. The van der Waals surface area contributed by atoms with Gasteiger partial charge in [-0.05, 0) is 13.5 Å².